The summed E-state index contributed by atoms with van der Waals surface area (Å²) < 4.78 is 46.3. The second-order valence-electron chi connectivity index (χ2n) is 7.37. The summed E-state index contributed by atoms with van der Waals surface area (Å²) in [6, 6.07) is 21.3. The molecule has 0 fully saturated rings. The molecule has 172 valence electrons. The molecule has 1 N–H and O–H groups in total. The van der Waals surface area contributed by atoms with Gasteiger partial charge in [0.2, 0.25) is 0 Å². The lowest BCUT2D eigenvalue weighted by atomic mass is 10.2. The van der Waals surface area contributed by atoms with Crippen LogP contribution in [0.1, 0.15) is 0 Å². The van der Waals surface area contributed by atoms with Gasteiger partial charge in [0, 0.05) is 28.0 Å². The Balaban J connectivity index is 1.38. The number of nitrogens with zero attached hydrogens (tertiary/aromatic N) is 1. The molecule has 0 radical (unpaired) electrons. The van der Waals surface area contributed by atoms with E-state index in [2.05, 4.69) is 9.71 Å². The minimum Gasteiger partial charge on any atom is -0.493 e. The molecule has 7 nitrogen and oxygen atoms in total. The number of anilines is 1. The lowest BCUT2D eigenvalue weighted by Gasteiger charge is -2.13. The van der Waals surface area contributed by atoms with Crippen molar-refractivity contribution in [2.24, 2.45) is 0 Å². The molecule has 0 saturated carbocycles. The van der Waals surface area contributed by atoms with Crippen molar-refractivity contribution in [2.45, 2.75) is 4.21 Å². The van der Waals surface area contributed by atoms with E-state index in [0.717, 1.165) is 15.5 Å². The molecule has 5 rings (SSSR count). The van der Waals surface area contributed by atoms with Gasteiger partial charge in [0.15, 0.2) is 11.5 Å². The number of methoxy groups -OCH3 is 2. The molecule has 0 bridgehead atoms. The van der Waals surface area contributed by atoms with Crippen molar-refractivity contribution in [2.75, 3.05) is 18.9 Å². The van der Waals surface area contributed by atoms with E-state index in [1.54, 1.807) is 62.9 Å². The van der Waals surface area contributed by atoms with E-state index < -0.39 is 10.0 Å². The third-order valence-corrected chi connectivity index (χ3v) is 8.18. The molecule has 5 aromatic rings. The Bertz CT molecular complexity index is 1560. The lowest BCUT2D eigenvalue weighted by Crippen LogP contribution is -2.11. The minimum atomic E-state index is -3.70. The predicted octanol–water partition coefficient (Wildman–Crippen LogP) is 6.06. The topological polar surface area (TPSA) is 86.8 Å². The molecule has 0 atom stereocenters. The van der Waals surface area contributed by atoms with Crippen LogP contribution in [-0.2, 0) is 10.0 Å². The molecular weight excluding hydrogens is 472 g/mol. The molecule has 34 heavy (non-hydrogen) atoms. The number of fused-ring (bicyclic) bond motifs is 2. The van der Waals surface area contributed by atoms with Crippen LogP contribution in [0.5, 0.6) is 23.0 Å². The molecular formula is C25H20N2O5S2. The molecule has 0 aliphatic carbocycles. The largest absolute Gasteiger partial charge is 0.493 e. The van der Waals surface area contributed by atoms with Gasteiger partial charge < -0.3 is 14.2 Å². The monoisotopic (exact) mass is 492 g/mol. The highest BCUT2D eigenvalue weighted by Gasteiger charge is 2.18. The van der Waals surface area contributed by atoms with Crippen LogP contribution in [0.2, 0.25) is 0 Å². The zero-order chi connectivity index (χ0) is 23.7. The summed E-state index contributed by atoms with van der Waals surface area (Å²) in [5.41, 5.74) is 1.14. The highest BCUT2D eigenvalue weighted by atomic mass is 32.2. The molecule has 0 unspecified atom stereocenters. The number of hydrogen-bond acceptors (Lipinski definition) is 7. The molecule has 0 aliphatic heterocycles. The Morgan fingerprint density at radius 3 is 2.32 bits per heavy atom. The van der Waals surface area contributed by atoms with Crippen molar-refractivity contribution in [3.05, 3.63) is 79.0 Å². The molecule has 0 amide bonds. The maximum Gasteiger partial charge on any atom is 0.271 e. The fourth-order valence-corrected chi connectivity index (χ4v) is 6.01. The maximum atomic E-state index is 12.8. The van der Waals surface area contributed by atoms with Gasteiger partial charge in [-0.1, -0.05) is 18.2 Å². The highest BCUT2D eigenvalue weighted by molar-refractivity contribution is 7.94. The number of pyridine rings is 1. The van der Waals surface area contributed by atoms with Crippen LogP contribution in [-0.4, -0.2) is 27.6 Å². The first kappa shape index (κ1) is 22.0. The number of ether oxygens (including phenoxy) is 3. The lowest BCUT2D eigenvalue weighted by molar-refractivity contribution is 0.355. The summed E-state index contributed by atoms with van der Waals surface area (Å²) in [4.78, 5) is 4.38. The maximum absolute atomic E-state index is 12.8. The number of thiophene rings is 1. The van der Waals surface area contributed by atoms with Crippen LogP contribution in [0.15, 0.2) is 83.2 Å². The highest BCUT2D eigenvalue weighted by Crippen LogP contribution is 2.37. The van der Waals surface area contributed by atoms with Crippen molar-refractivity contribution in [3.8, 4) is 23.0 Å². The van der Waals surface area contributed by atoms with Gasteiger partial charge in [-0.25, -0.2) is 8.42 Å². The van der Waals surface area contributed by atoms with Gasteiger partial charge in [-0.05, 0) is 53.9 Å². The van der Waals surface area contributed by atoms with Crippen LogP contribution in [0, 0.1) is 0 Å². The van der Waals surface area contributed by atoms with E-state index in [0.29, 0.717) is 34.2 Å². The van der Waals surface area contributed by atoms with Gasteiger partial charge in [-0.2, -0.15) is 0 Å². The third-order valence-electron chi connectivity index (χ3n) is 5.21. The fraction of sp³-hybridized carbons (Fsp3) is 0.0800. The van der Waals surface area contributed by atoms with Gasteiger partial charge in [0.1, 0.15) is 15.7 Å². The van der Waals surface area contributed by atoms with Crippen LogP contribution in [0.3, 0.4) is 0 Å². The average molecular weight is 493 g/mol. The quantitative estimate of drug-likeness (QED) is 0.297. The number of sulfonamides is 1. The van der Waals surface area contributed by atoms with Crippen molar-refractivity contribution < 1.29 is 22.6 Å². The smallest absolute Gasteiger partial charge is 0.271 e. The first-order valence-electron chi connectivity index (χ1n) is 10.3. The molecule has 9 heteroatoms. The number of aromatic nitrogens is 1. The van der Waals surface area contributed by atoms with Crippen molar-refractivity contribution in [1.82, 2.24) is 4.98 Å². The number of rotatable bonds is 7. The summed E-state index contributed by atoms with van der Waals surface area (Å²) in [6.07, 6.45) is 1.65. The Morgan fingerprint density at radius 1 is 0.853 bits per heavy atom. The standard InChI is InChI=1S/C25H20N2O5S2/c1-30-22-14-19-20(15-23(22)31-2)26-12-11-21(19)32-18-9-7-17(8-10-18)27-34(28,29)25-13-16-5-3-4-6-24(16)33-25/h3-15,27H,1-2H3. The van der Waals surface area contributed by atoms with Gasteiger partial charge in [-0.3, -0.25) is 9.71 Å². The van der Waals surface area contributed by atoms with Crippen molar-refractivity contribution >= 4 is 48.0 Å². The summed E-state index contributed by atoms with van der Waals surface area (Å²) in [5.74, 6) is 2.28. The summed E-state index contributed by atoms with van der Waals surface area (Å²) in [7, 11) is -0.558. The van der Waals surface area contributed by atoms with E-state index in [9.17, 15) is 8.42 Å². The second kappa shape index (κ2) is 8.85. The number of hydrogen-bond donors (Lipinski definition) is 1. The van der Waals surface area contributed by atoms with Crippen molar-refractivity contribution in [3.63, 3.8) is 0 Å². The number of nitrogens with one attached hydrogen (secondary N) is 1. The Hall–Kier alpha value is -3.82. The molecule has 2 heterocycles. The normalized spacial score (nSPS) is 11.5. The second-order valence-corrected chi connectivity index (χ2v) is 10.4. The van der Waals surface area contributed by atoms with Gasteiger partial charge in [0.25, 0.3) is 10.0 Å². The van der Waals surface area contributed by atoms with E-state index in [-0.39, 0.29) is 4.21 Å². The third kappa shape index (κ3) is 4.23. The van der Waals surface area contributed by atoms with E-state index in [4.69, 9.17) is 14.2 Å². The van der Waals surface area contributed by atoms with Crippen LogP contribution in [0.25, 0.3) is 21.0 Å². The molecule has 0 spiro atoms. The van der Waals surface area contributed by atoms with E-state index >= 15 is 0 Å². The fourth-order valence-electron chi connectivity index (χ4n) is 3.55. The first-order valence-corrected chi connectivity index (χ1v) is 12.6. The summed E-state index contributed by atoms with van der Waals surface area (Å²) in [6.45, 7) is 0. The Morgan fingerprint density at radius 2 is 1.59 bits per heavy atom. The van der Waals surface area contributed by atoms with Crippen molar-refractivity contribution in [1.29, 1.82) is 0 Å². The zero-order valence-electron chi connectivity index (χ0n) is 18.3. The SMILES string of the molecule is COc1cc2nccc(Oc3ccc(NS(=O)(=O)c4cc5ccccc5s4)cc3)c2cc1OC. The van der Waals surface area contributed by atoms with Gasteiger partial charge in [0.05, 0.1) is 19.7 Å². The summed E-state index contributed by atoms with van der Waals surface area (Å²) >= 11 is 1.23. The molecule has 0 aliphatic rings. The van der Waals surface area contributed by atoms with Gasteiger partial charge in [-0.15, -0.1) is 11.3 Å². The first-order chi connectivity index (χ1) is 16.5. The number of benzene rings is 3. The van der Waals surface area contributed by atoms with Crippen LogP contribution < -0.4 is 18.9 Å². The summed E-state index contributed by atoms with van der Waals surface area (Å²) in [5, 5.41) is 1.66. The Labute approximate surface area is 200 Å². The van der Waals surface area contributed by atoms with E-state index in [1.807, 2.05) is 30.3 Å². The molecule has 0 saturated heterocycles. The Kier molecular flexibility index (Phi) is 5.72. The molecule has 2 aromatic heterocycles. The van der Waals surface area contributed by atoms with E-state index in [1.165, 1.54) is 11.3 Å². The van der Waals surface area contributed by atoms with Crippen LogP contribution in [0.4, 0.5) is 5.69 Å². The van der Waals surface area contributed by atoms with Gasteiger partial charge >= 0.3 is 0 Å². The molecule has 3 aromatic carbocycles. The average Bonchev–Trinajstić information content (AvgIpc) is 3.30. The predicted molar refractivity (Wildman–Crippen MR) is 134 cm³/mol. The zero-order valence-corrected chi connectivity index (χ0v) is 19.9. The van der Waals surface area contributed by atoms with Crippen LogP contribution >= 0.6 is 11.3 Å². The minimum absolute atomic E-state index is 0.265.